The van der Waals surface area contributed by atoms with Crippen molar-refractivity contribution in [2.45, 2.75) is 37.5 Å². The SMILES string of the molecule is CC(C)c1ccc(-c2noc(CCC(=O)NCCNS(=O)(=O)c3cccc([N+](=O)[O-])c3)n2)cc1. The number of nitrogens with zero attached hydrogens (tertiary/aromatic N) is 3. The van der Waals surface area contributed by atoms with Crippen molar-refractivity contribution in [1.29, 1.82) is 0 Å². The Hall–Kier alpha value is -3.64. The van der Waals surface area contributed by atoms with Crippen molar-refractivity contribution in [3.05, 3.63) is 70.1 Å². The van der Waals surface area contributed by atoms with Crippen LogP contribution in [0.2, 0.25) is 0 Å². The molecule has 0 unspecified atom stereocenters. The number of aryl methyl sites for hydroxylation is 1. The lowest BCUT2D eigenvalue weighted by molar-refractivity contribution is -0.385. The number of hydrogen-bond acceptors (Lipinski definition) is 8. The summed E-state index contributed by atoms with van der Waals surface area (Å²) in [6.07, 6.45) is 0.327. The Morgan fingerprint density at radius 1 is 1.15 bits per heavy atom. The number of sulfonamides is 1. The normalized spacial score (nSPS) is 11.5. The minimum absolute atomic E-state index is 0.0459. The summed E-state index contributed by atoms with van der Waals surface area (Å²) in [5.41, 5.74) is 1.70. The van der Waals surface area contributed by atoms with E-state index in [4.69, 9.17) is 4.52 Å². The molecule has 0 spiro atoms. The summed E-state index contributed by atoms with van der Waals surface area (Å²) in [5, 5.41) is 17.4. The fourth-order valence-electron chi connectivity index (χ4n) is 3.03. The highest BCUT2D eigenvalue weighted by Gasteiger charge is 2.17. The van der Waals surface area contributed by atoms with Gasteiger partial charge in [-0.25, -0.2) is 13.1 Å². The maximum absolute atomic E-state index is 12.3. The number of carbonyl (C=O) groups excluding carboxylic acids is 1. The molecule has 34 heavy (non-hydrogen) atoms. The van der Waals surface area contributed by atoms with Gasteiger partial charge in [-0.05, 0) is 17.5 Å². The van der Waals surface area contributed by atoms with E-state index in [-0.39, 0.29) is 42.4 Å². The molecule has 1 amide bonds. The summed E-state index contributed by atoms with van der Waals surface area (Å²) in [7, 11) is -3.94. The van der Waals surface area contributed by atoms with E-state index in [1.165, 1.54) is 23.8 Å². The van der Waals surface area contributed by atoms with Crippen molar-refractivity contribution >= 4 is 21.6 Å². The van der Waals surface area contributed by atoms with Gasteiger partial charge in [0, 0.05) is 43.6 Å². The van der Waals surface area contributed by atoms with E-state index in [2.05, 4.69) is 34.0 Å². The largest absolute Gasteiger partial charge is 0.355 e. The van der Waals surface area contributed by atoms with Crippen LogP contribution in [0.4, 0.5) is 5.69 Å². The van der Waals surface area contributed by atoms with Gasteiger partial charge >= 0.3 is 0 Å². The summed E-state index contributed by atoms with van der Waals surface area (Å²) in [4.78, 5) is 26.3. The number of amides is 1. The third-order valence-corrected chi connectivity index (χ3v) is 6.41. The molecule has 0 radical (unpaired) electrons. The fraction of sp³-hybridized carbons (Fsp3) is 0.318. The van der Waals surface area contributed by atoms with Gasteiger partial charge in [-0.1, -0.05) is 49.3 Å². The van der Waals surface area contributed by atoms with Gasteiger partial charge in [-0.2, -0.15) is 4.98 Å². The molecule has 11 nitrogen and oxygen atoms in total. The maximum atomic E-state index is 12.3. The van der Waals surface area contributed by atoms with Crippen LogP contribution in [0, 0.1) is 10.1 Å². The number of rotatable bonds is 11. The van der Waals surface area contributed by atoms with E-state index < -0.39 is 14.9 Å². The van der Waals surface area contributed by atoms with Crippen LogP contribution >= 0.6 is 0 Å². The first-order valence-electron chi connectivity index (χ1n) is 10.6. The smallest absolute Gasteiger partial charge is 0.270 e. The lowest BCUT2D eigenvalue weighted by atomic mass is 10.0. The zero-order chi connectivity index (χ0) is 24.7. The Morgan fingerprint density at radius 3 is 2.56 bits per heavy atom. The molecule has 0 atom stereocenters. The molecular formula is C22H25N5O6S. The summed E-state index contributed by atoms with van der Waals surface area (Å²) in [5.74, 6) is 0.879. The number of nitro groups is 1. The van der Waals surface area contributed by atoms with Gasteiger partial charge < -0.3 is 9.84 Å². The number of benzene rings is 2. The van der Waals surface area contributed by atoms with E-state index in [1.54, 1.807) is 0 Å². The van der Waals surface area contributed by atoms with Crippen LogP contribution in [0.15, 0.2) is 57.9 Å². The van der Waals surface area contributed by atoms with Gasteiger partial charge in [0.2, 0.25) is 27.6 Å². The highest BCUT2D eigenvalue weighted by Crippen LogP contribution is 2.21. The Labute approximate surface area is 196 Å². The first-order chi connectivity index (χ1) is 16.2. The van der Waals surface area contributed by atoms with E-state index in [0.29, 0.717) is 17.6 Å². The zero-order valence-corrected chi connectivity index (χ0v) is 19.5. The number of nitrogens with one attached hydrogen (secondary N) is 2. The molecule has 180 valence electrons. The second-order valence-corrected chi connectivity index (χ2v) is 9.56. The van der Waals surface area contributed by atoms with Gasteiger partial charge in [0.1, 0.15) is 0 Å². The fourth-order valence-corrected chi connectivity index (χ4v) is 4.11. The average Bonchev–Trinajstić information content (AvgIpc) is 3.30. The van der Waals surface area contributed by atoms with Gasteiger partial charge in [-0.15, -0.1) is 0 Å². The van der Waals surface area contributed by atoms with E-state index >= 15 is 0 Å². The maximum Gasteiger partial charge on any atom is 0.270 e. The Morgan fingerprint density at radius 2 is 1.88 bits per heavy atom. The summed E-state index contributed by atoms with van der Waals surface area (Å²) >= 11 is 0. The highest BCUT2D eigenvalue weighted by molar-refractivity contribution is 7.89. The zero-order valence-electron chi connectivity index (χ0n) is 18.7. The second-order valence-electron chi connectivity index (χ2n) is 7.79. The lowest BCUT2D eigenvalue weighted by Crippen LogP contribution is -2.34. The Balaban J connectivity index is 1.43. The molecule has 12 heteroatoms. The molecule has 1 heterocycles. The van der Waals surface area contributed by atoms with Crippen molar-refractivity contribution in [1.82, 2.24) is 20.2 Å². The van der Waals surface area contributed by atoms with Crippen LogP contribution in [0.1, 0.15) is 37.6 Å². The van der Waals surface area contributed by atoms with Crippen molar-refractivity contribution in [3.8, 4) is 11.4 Å². The number of non-ortho nitro benzene ring substituents is 1. The predicted octanol–water partition coefficient (Wildman–Crippen LogP) is 2.80. The van der Waals surface area contributed by atoms with Crippen LogP contribution in [-0.2, 0) is 21.2 Å². The first kappa shape index (κ1) is 25.0. The molecule has 2 N–H and O–H groups in total. The number of carbonyl (C=O) groups is 1. The number of nitro benzene ring substituents is 1. The molecule has 0 bridgehead atoms. The van der Waals surface area contributed by atoms with Crippen LogP contribution in [0.25, 0.3) is 11.4 Å². The molecule has 3 aromatic rings. The predicted molar refractivity (Wildman–Crippen MR) is 123 cm³/mol. The van der Waals surface area contributed by atoms with Crippen molar-refractivity contribution in [2.75, 3.05) is 13.1 Å². The molecule has 0 aliphatic heterocycles. The van der Waals surface area contributed by atoms with Crippen LogP contribution in [0.5, 0.6) is 0 Å². The summed E-state index contributed by atoms with van der Waals surface area (Å²) < 4.78 is 32.0. The number of aromatic nitrogens is 2. The van der Waals surface area contributed by atoms with Gasteiger partial charge in [0.25, 0.3) is 5.69 Å². The van der Waals surface area contributed by atoms with Crippen LogP contribution < -0.4 is 10.0 Å². The third kappa shape index (κ3) is 6.68. The molecule has 0 aliphatic rings. The third-order valence-electron chi connectivity index (χ3n) is 4.95. The van der Waals surface area contributed by atoms with Gasteiger partial charge in [-0.3, -0.25) is 14.9 Å². The molecule has 1 aromatic heterocycles. The van der Waals surface area contributed by atoms with Crippen LogP contribution in [0.3, 0.4) is 0 Å². The molecule has 0 saturated carbocycles. The standard InChI is InChI=1S/C22H25N5O6S/c1-15(2)16-6-8-17(9-7-16)22-25-21(33-26-22)11-10-20(28)23-12-13-24-34(31,32)19-5-3-4-18(14-19)27(29)30/h3-9,14-15,24H,10-13H2,1-2H3,(H,23,28). The molecular weight excluding hydrogens is 462 g/mol. The average molecular weight is 488 g/mol. The van der Waals surface area contributed by atoms with Gasteiger partial charge in [0.15, 0.2) is 0 Å². The van der Waals surface area contributed by atoms with E-state index in [9.17, 15) is 23.3 Å². The summed E-state index contributed by atoms with van der Waals surface area (Å²) in [6.45, 7) is 4.19. The number of hydrogen-bond donors (Lipinski definition) is 2. The highest BCUT2D eigenvalue weighted by atomic mass is 32.2. The van der Waals surface area contributed by atoms with Crippen LogP contribution in [-0.4, -0.2) is 42.5 Å². The van der Waals surface area contributed by atoms with Crippen molar-refractivity contribution in [2.24, 2.45) is 0 Å². The Kier molecular flexibility index (Phi) is 8.08. The lowest BCUT2D eigenvalue weighted by Gasteiger charge is -2.08. The first-order valence-corrected chi connectivity index (χ1v) is 12.1. The molecule has 0 fully saturated rings. The summed E-state index contributed by atoms with van der Waals surface area (Å²) in [6, 6.07) is 12.6. The monoisotopic (exact) mass is 487 g/mol. The van der Waals surface area contributed by atoms with Crippen molar-refractivity contribution in [3.63, 3.8) is 0 Å². The molecule has 3 rings (SSSR count). The van der Waals surface area contributed by atoms with E-state index in [0.717, 1.165) is 11.6 Å². The molecule has 0 saturated heterocycles. The molecule has 0 aliphatic carbocycles. The quantitative estimate of drug-likeness (QED) is 0.237. The second kappa shape index (κ2) is 11.0. The topological polar surface area (TPSA) is 157 Å². The molecule has 2 aromatic carbocycles. The minimum Gasteiger partial charge on any atom is -0.355 e. The Bertz CT molecular complexity index is 1250. The van der Waals surface area contributed by atoms with Crippen molar-refractivity contribution < 1.29 is 22.7 Å². The van der Waals surface area contributed by atoms with E-state index in [1.807, 2.05) is 24.3 Å². The van der Waals surface area contributed by atoms with Gasteiger partial charge in [0.05, 0.1) is 9.82 Å². The minimum atomic E-state index is -3.94.